The zero-order chi connectivity index (χ0) is 22.9. The van der Waals surface area contributed by atoms with Crippen molar-refractivity contribution >= 4 is 43.9 Å². The van der Waals surface area contributed by atoms with Crippen molar-refractivity contribution < 1.29 is 17.9 Å². The highest BCUT2D eigenvalue weighted by molar-refractivity contribution is 7.94. The normalized spacial score (nSPS) is 16.0. The number of nitrogens with one attached hydrogen (secondary N) is 2. The van der Waals surface area contributed by atoms with Crippen molar-refractivity contribution in [3.05, 3.63) is 35.7 Å². The molecule has 0 saturated carbocycles. The molecule has 10 nitrogen and oxygen atoms in total. The molecule has 1 amide bonds. The number of H-pyrrole nitrogens is 1. The van der Waals surface area contributed by atoms with Gasteiger partial charge in [0.1, 0.15) is 12.1 Å². The Hall–Kier alpha value is -3.61. The molecule has 1 atom stereocenters. The Morgan fingerprint density at radius 3 is 3.00 bits per heavy atom. The molecule has 0 spiro atoms. The molecular weight excluding hydrogens is 452 g/mol. The highest BCUT2D eigenvalue weighted by Gasteiger charge is 2.29. The van der Waals surface area contributed by atoms with E-state index in [0.29, 0.717) is 35.1 Å². The number of hydrogen-bond donors (Lipinski definition) is 2. The van der Waals surface area contributed by atoms with Crippen LogP contribution in [0.1, 0.15) is 24.0 Å². The molecule has 1 saturated heterocycles. The lowest BCUT2D eigenvalue weighted by molar-refractivity contribution is -0.133. The lowest BCUT2D eigenvalue weighted by Crippen LogP contribution is -2.37. The van der Waals surface area contributed by atoms with Crippen LogP contribution in [0.3, 0.4) is 0 Å². The number of aromatic nitrogens is 2. The number of carbonyl (C=O) groups excluding carboxylic acids is 1. The molecule has 3 heterocycles. The molecule has 2 aromatic heterocycles. The monoisotopic (exact) mass is 470 g/mol. The molecule has 1 aliphatic heterocycles. The van der Waals surface area contributed by atoms with Gasteiger partial charge in [-0.05, 0) is 31.4 Å². The summed E-state index contributed by atoms with van der Waals surface area (Å²) >= 11 is 0.786. The topological polar surface area (TPSA) is 152 Å². The van der Waals surface area contributed by atoms with Crippen LogP contribution in [0.5, 0.6) is 5.19 Å². The number of thiazole rings is 1. The largest absolute Gasteiger partial charge is 0.460 e. The molecule has 1 aromatic carbocycles. The predicted molar refractivity (Wildman–Crippen MR) is 117 cm³/mol. The van der Waals surface area contributed by atoms with E-state index in [9.17, 15) is 18.5 Å². The predicted octanol–water partition coefficient (Wildman–Crippen LogP) is 2.50. The second-order valence-corrected chi connectivity index (χ2v) is 10.1. The van der Waals surface area contributed by atoms with Gasteiger partial charge in [-0.15, -0.1) is 0 Å². The zero-order valence-electron chi connectivity index (χ0n) is 17.0. The number of ether oxygens (including phenoxy) is 1. The van der Waals surface area contributed by atoms with E-state index >= 15 is 0 Å². The standard InChI is InChI=1S/C20H18N6O4S2/c1-12-4-5-15(19-18(12)13(7-21)9-23-19)25-32(28,29)17-10-24-20(31-17)30-11-16(27)26-6-2-3-14(26)8-22/h4-5,9-10,14,23,25H,2-3,6,11H2,1H3. The lowest BCUT2D eigenvalue weighted by atomic mass is 10.1. The summed E-state index contributed by atoms with van der Waals surface area (Å²) in [5, 5.41) is 19.0. The van der Waals surface area contributed by atoms with Crippen LogP contribution < -0.4 is 9.46 Å². The smallest absolute Gasteiger partial charge is 0.274 e. The first kappa shape index (κ1) is 21.6. The van der Waals surface area contributed by atoms with Crippen LogP contribution in [0.2, 0.25) is 0 Å². The third-order valence-corrected chi connectivity index (χ3v) is 7.91. The number of fused-ring (bicyclic) bond motifs is 1. The fourth-order valence-corrected chi connectivity index (χ4v) is 5.66. The number of amides is 1. The first-order valence-corrected chi connectivity index (χ1v) is 12.0. The number of nitrogens with zero attached hydrogens (tertiary/aromatic N) is 4. The number of likely N-dealkylation sites (tertiary alicyclic amines) is 1. The van der Waals surface area contributed by atoms with Crippen LogP contribution in [0.25, 0.3) is 10.9 Å². The Labute approximate surface area is 188 Å². The van der Waals surface area contributed by atoms with Gasteiger partial charge >= 0.3 is 0 Å². The highest BCUT2D eigenvalue weighted by Crippen LogP contribution is 2.32. The van der Waals surface area contributed by atoms with E-state index < -0.39 is 16.1 Å². The number of sulfonamides is 1. The summed E-state index contributed by atoms with van der Waals surface area (Å²) in [5.41, 5.74) is 2.08. The molecule has 12 heteroatoms. The summed E-state index contributed by atoms with van der Waals surface area (Å²) in [6.07, 6.45) is 4.08. The Kier molecular flexibility index (Phi) is 5.74. The van der Waals surface area contributed by atoms with Gasteiger partial charge < -0.3 is 14.6 Å². The number of carbonyl (C=O) groups is 1. The van der Waals surface area contributed by atoms with E-state index in [2.05, 4.69) is 26.8 Å². The van der Waals surface area contributed by atoms with E-state index in [1.807, 2.05) is 6.92 Å². The maximum absolute atomic E-state index is 12.9. The summed E-state index contributed by atoms with van der Waals surface area (Å²) in [7, 11) is -3.98. The Balaban J connectivity index is 1.48. The minimum Gasteiger partial charge on any atom is -0.460 e. The summed E-state index contributed by atoms with van der Waals surface area (Å²) in [4.78, 5) is 20.6. The molecule has 1 unspecified atom stereocenters. The quantitative estimate of drug-likeness (QED) is 0.561. The van der Waals surface area contributed by atoms with Crippen LogP contribution in [-0.4, -0.2) is 48.4 Å². The van der Waals surface area contributed by atoms with Crippen LogP contribution in [0.4, 0.5) is 5.69 Å². The fourth-order valence-electron chi connectivity index (χ4n) is 3.63. The van der Waals surface area contributed by atoms with Gasteiger partial charge in [-0.2, -0.15) is 10.5 Å². The van der Waals surface area contributed by atoms with Gasteiger partial charge in [-0.1, -0.05) is 17.4 Å². The van der Waals surface area contributed by atoms with Crippen LogP contribution in [0.15, 0.2) is 28.7 Å². The van der Waals surface area contributed by atoms with Gasteiger partial charge in [0.05, 0.1) is 29.0 Å². The van der Waals surface area contributed by atoms with Crippen molar-refractivity contribution in [2.45, 2.75) is 30.0 Å². The average molecular weight is 471 g/mol. The van der Waals surface area contributed by atoms with E-state index in [4.69, 9.17) is 10.00 Å². The minimum atomic E-state index is -3.98. The number of anilines is 1. The Bertz CT molecular complexity index is 1380. The molecule has 1 aliphatic rings. The molecule has 4 rings (SSSR count). The van der Waals surface area contributed by atoms with Crippen LogP contribution in [0, 0.1) is 29.6 Å². The number of aromatic amines is 1. The SMILES string of the molecule is Cc1ccc(NS(=O)(=O)c2cnc(OCC(=O)N3CCCC3C#N)s2)c2[nH]cc(C#N)c12. The van der Waals surface area contributed by atoms with Crippen molar-refractivity contribution in [3.63, 3.8) is 0 Å². The third-order valence-electron chi connectivity index (χ3n) is 5.18. The van der Waals surface area contributed by atoms with Crippen molar-refractivity contribution in [2.75, 3.05) is 17.9 Å². The van der Waals surface area contributed by atoms with E-state index in [0.717, 1.165) is 29.5 Å². The average Bonchev–Trinajstić information content (AvgIpc) is 3.52. The molecule has 0 bridgehead atoms. The second kappa shape index (κ2) is 8.49. The maximum atomic E-state index is 12.9. The first-order chi connectivity index (χ1) is 15.3. The number of hydrogen-bond acceptors (Lipinski definition) is 8. The number of aryl methyl sites for hydroxylation is 1. The third kappa shape index (κ3) is 3.98. The van der Waals surface area contributed by atoms with Crippen molar-refractivity contribution in [3.8, 4) is 17.3 Å². The van der Waals surface area contributed by atoms with Crippen molar-refractivity contribution in [1.82, 2.24) is 14.9 Å². The van der Waals surface area contributed by atoms with E-state index in [1.54, 1.807) is 12.1 Å². The summed E-state index contributed by atoms with van der Waals surface area (Å²) in [6, 6.07) is 7.07. The van der Waals surface area contributed by atoms with Gasteiger partial charge in [-0.3, -0.25) is 9.52 Å². The fraction of sp³-hybridized carbons (Fsp3) is 0.300. The molecule has 32 heavy (non-hydrogen) atoms. The lowest BCUT2D eigenvalue weighted by Gasteiger charge is -2.18. The number of benzene rings is 1. The van der Waals surface area contributed by atoms with Crippen LogP contribution >= 0.6 is 11.3 Å². The van der Waals surface area contributed by atoms with Crippen LogP contribution in [-0.2, 0) is 14.8 Å². The second-order valence-electron chi connectivity index (χ2n) is 7.21. The van der Waals surface area contributed by atoms with Crippen molar-refractivity contribution in [2.24, 2.45) is 0 Å². The Morgan fingerprint density at radius 2 is 2.25 bits per heavy atom. The molecular formula is C20H18N6O4S2. The van der Waals surface area contributed by atoms with E-state index in [-0.39, 0.29) is 21.9 Å². The summed E-state index contributed by atoms with van der Waals surface area (Å²) in [5.74, 6) is -0.339. The minimum absolute atomic E-state index is 0.0344. The summed E-state index contributed by atoms with van der Waals surface area (Å²) in [6.45, 7) is 2.01. The highest BCUT2D eigenvalue weighted by atomic mass is 32.2. The molecule has 3 aromatic rings. The van der Waals surface area contributed by atoms with Gasteiger partial charge in [0.25, 0.3) is 21.1 Å². The number of rotatable bonds is 6. The van der Waals surface area contributed by atoms with E-state index in [1.165, 1.54) is 11.1 Å². The first-order valence-electron chi connectivity index (χ1n) is 9.65. The van der Waals surface area contributed by atoms with Gasteiger partial charge in [-0.25, -0.2) is 13.4 Å². The van der Waals surface area contributed by atoms with Gasteiger partial charge in [0.15, 0.2) is 10.8 Å². The number of nitriles is 2. The zero-order valence-corrected chi connectivity index (χ0v) is 18.6. The van der Waals surface area contributed by atoms with Crippen molar-refractivity contribution in [1.29, 1.82) is 10.5 Å². The van der Waals surface area contributed by atoms with Gasteiger partial charge in [0.2, 0.25) is 0 Å². The maximum Gasteiger partial charge on any atom is 0.274 e. The Morgan fingerprint density at radius 1 is 1.44 bits per heavy atom. The van der Waals surface area contributed by atoms with Gasteiger partial charge in [0, 0.05) is 18.1 Å². The molecule has 0 radical (unpaired) electrons. The molecule has 1 fully saturated rings. The molecule has 0 aliphatic carbocycles. The molecule has 164 valence electrons. The summed E-state index contributed by atoms with van der Waals surface area (Å²) < 4.78 is 33.5. The molecule has 2 N–H and O–H groups in total.